The van der Waals surface area contributed by atoms with Crippen LogP contribution in [0.3, 0.4) is 0 Å². The zero-order valence-electron chi connectivity index (χ0n) is 8.92. The van der Waals surface area contributed by atoms with Crippen molar-refractivity contribution in [2.45, 2.75) is 12.6 Å². The van der Waals surface area contributed by atoms with Gasteiger partial charge >= 0.3 is 12.2 Å². The maximum atomic E-state index is 11.8. The van der Waals surface area contributed by atoms with E-state index in [1.165, 1.54) is 0 Å². The maximum absolute atomic E-state index is 11.8. The minimum Gasteiger partial charge on any atom is -0.338 e. The van der Waals surface area contributed by atoms with Crippen molar-refractivity contribution in [1.29, 1.82) is 0 Å². The quantitative estimate of drug-likeness (QED) is 0.846. The van der Waals surface area contributed by atoms with Crippen molar-refractivity contribution in [2.24, 2.45) is 0 Å². The average molecular weight is 247 g/mol. The Bertz CT molecular complexity index is 354. The van der Waals surface area contributed by atoms with Crippen molar-refractivity contribution < 1.29 is 18.0 Å². The highest BCUT2D eigenvalue weighted by Crippen LogP contribution is 2.11. The summed E-state index contributed by atoms with van der Waals surface area (Å²) < 4.78 is 35.3. The Labute approximate surface area is 96.2 Å². The van der Waals surface area contributed by atoms with Crippen LogP contribution in [0.15, 0.2) is 24.4 Å². The number of nitrogens with one attached hydrogen (secondary N) is 2. The zero-order chi connectivity index (χ0) is 12.7. The second-order valence-electron chi connectivity index (χ2n) is 3.30. The highest BCUT2D eigenvalue weighted by atomic mass is 19.4. The Morgan fingerprint density at radius 1 is 1.29 bits per heavy atom. The summed E-state index contributed by atoms with van der Waals surface area (Å²) in [5, 5.41) is 4.03. The number of amides is 2. The number of hydrogen-bond donors (Lipinski definition) is 2. The highest BCUT2D eigenvalue weighted by Gasteiger charge is 2.27. The van der Waals surface area contributed by atoms with Crippen molar-refractivity contribution in [2.75, 3.05) is 13.1 Å². The first-order valence-corrected chi connectivity index (χ1v) is 4.96. The molecule has 94 valence electrons. The molecule has 0 aliphatic rings. The summed E-state index contributed by atoms with van der Waals surface area (Å²) >= 11 is 0. The first-order valence-electron chi connectivity index (χ1n) is 4.96. The summed E-state index contributed by atoms with van der Waals surface area (Å²) in [6.07, 6.45) is -2.31. The van der Waals surface area contributed by atoms with Crippen LogP contribution < -0.4 is 10.6 Å². The number of rotatable bonds is 4. The lowest BCUT2D eigenvalue weighted by atomic mass is 10.3. The van der Waals surface area contributed by atoms with Crippen LogP contribution in [0.4, 0.5) is 18.0 Å². The van der Waals surface area contributed by atoms with Gasteiger partial charge in [-0.2, -0.15) is 13.2 Å². The fraction of sp³-hybridized carbons (Fsp3) is 0.400. The third-order valence-corrected chi connectivity index (χ3v) is 1.84. The number of carbonyl (C=O) groups excluding carboxylic acids is 1. The molecule has 1 aromatic rings. The van der Waals surface area contributed by atoms with Gasteiger partial charge in [0.25, 0.3) is 0 Å². The Hall–Kier alpha value is -1.79. The predicted octanol–water partition coefficient (Wildman–Crippen LogP) is 1.49. The van der Waals surface area contributed by atoms with Gasteiger partial charge in [0, 0.05) is 24.9 Å². The molecule has 0 atom stereocenters. The number of carbonyl (C=O) groups is 1. The molecule has 2 N–H and O–H groups in total. The van der Waals surface area contributed by atoms with Gasteiger partial charge in [-0.1, -0.05) is 6.07 Å². The first-order chi connectivity index (χ1) is 7.97. The molecule has 0 aliphatic carbocycles. The van der Waals surface area contributed by atoms with E-state index in [4.69, 9.17) is 0 Å². The summed E-state index contributed by atoms with van der Waals surface area (Å²) in [5.74, 6) is 0. The summed E-state index contributed by atoms with van der Waals surface area (Å²) in [7, 11) is 0. The van der Waals surface area contributed by atoms with Crippen LogP contribution >= 0.6 is 0 Å². The van der Waals surface area contributed by atoms with Gasteiger partial charge in [-0.25, -0.2) is 4.79 Å². The monoisotopic (exact) mass is 247 g/mol. The Morgan fingerprint density at radius 3 is 2.65 bits per heavy atom. The Balaban J connectivity index is 2.17. The smallest absolute Gasteiger partial charge is 0.338 e. The molecule has 0 bridgehead atoms. The van der Waals surface area contributed by atoms with E-state index in [0.29, 0.717) is 6.42 Å². The number of alkyl halides is 3. The molecular weight excluding hydrogens is 235 g/mol. The molecule has 0 unspecified atom stereocenters. The molecule has 2 amide bonds. The number of halogens is 3. The SMILES string of the molecule is O=C(NCCc1ccccn1)NCC(F)(F)F. The van der Waals surface area contributed by atoms with E-state index in [2.05, 4.69) is 10.3 Å². The van der Waals surface area contributed by atoms with Gasteiger partial charge in [0.05, 0.1) is 0 Å². The molecular formula is C10H12F3N3O. The van der Waals surface area contributed by atoms with Crippen LogP contribution in [0.2, 0.25) is 0 Å². The minimum absolute atomic E-state index is 0.237. The fourth-order valence-electron chi connectivity index (χ4n) is 1.09. The number of urea groups is 1. The molecule has 1 heterocycles. The van der Waals surface area contributed by atoms with Gasteiger partial charge in [0.2, 0.25) is 0 Å². The van der Waals surface area contributed by atoms with Crippen LogP contribution in [-0.2, 0) is 6.42 Å². The average Bonchev–Trinajstić information content (AvgIpc) is 2.27. The Kier molecular flexibility index (Phi) is 4.74. The predicted molar refractivity (Wildman–Crippen MR) is 55.4 cm³/mol. The van der Waals surface area contributed by atoms with E-state index >= 15 is 0 Å². The number of aromatic nitrogens is 1. The lowest BCUT2D eigenvalue weighted by Gasteiger charge is -2.09. The number of pyridine rings is 1. The molecule has 4 nitrogen and oxygen atoms in total. The van der Waals surface area contributed by atoms with E-state index in [9.17, 15) is 18.0 Å². The second kappa shape index (κ2) is 6.07. The van der Waals surface area contributed by atoms with Crippen LogP contribution in [0, 0.1) is 0 Å². The Morgan fingerprint density at radius 2 is 2.06 bits per heavy atom. The normalized spacial score (nSPS) is 11.0. The van der Waals surface area contributed by atoms with Gasteiger partial charge < -0.3 is 10.6 Å². The van der Waals surface area contributed by atoms with Crippen LogP contribution in [-0.4, -0.2) is 30.3 Å². The van der Waals surface area contributed by atoms with E-state index < -0.39 is 18.8 Å². The molecule has 1 rings (SSSR count). The van der Waals surface area contributed by atoms with Crippen molar-refractivity contribution in [1.82, 2.24) is 15.6 Å². The van der Waals surface area contributed by atoms with Crippen molar-refractivity contribution in [3.8, 4) is 0 Å². The van der Waals surface area contributed by atoms with Crippen molar-refractivity contribution >= 4 is 6.03 Å². The number of nitrogens with zero attached hydrogens (tertiary/aromatic N) is 1. The zero-order valence-corrected chi connectivity index (χ0v) is 8.92. The van der Waals surface area contributed by atoms with Gasteiger partial charge in [0.1, 0.15) is 6.54 Å². The third-order valence-electron chi connectivity index (χ3n) is 1.84. The minimum atomic E-state index is -4.39. The van der Waals surface area contributed by atoms with Crippen LogP contribution in [0.5, 0.6) is 0 Å². The summed E-state index contributed by atoms with van der Waals surface area (Å²) in [5.41, 5.74) is 0.767. The van der Waals surface area contributed by atoms with Gasteiger partial charge in [-0.15, -0.1) is 0 Å². The fourth-order valence-corrected chi connectivity index (χ4v) is 1.09. The highest BCUT2D eigenvalue weighted by molar-refractivity contribution is 5.73. The van der Waals surface area contributed by atoms with Gasteiger partial charge in [0.15, 0.2) is 0 Å². The standard InChI is InChI=1S/C10H12F3N3O/c11-10(12,13)7-16-9(17)15-6-4-8-3-1-2-5-14-8/h1-3,5H,4,6-7H2,(H2,15,16,17). The molecule has 7 heteroatoms. The second-order valence-corrected chi connectivity index (χ2v) is 3.30. The lowest BCUT2D eigenvalue weighted by molar-refractivity contribution is -0.122. The topological polar surface area (TPSA) is 54.0 Å². The van der Waals surface area contributed by atoms with Crippen LogP contribution in [0.1, 0.15) is 5.69 Å². The third kappa shape index (κ3) is 6.39. The van der Waals surface area contributed by atoms with Gasteiger partial charge in [-0.3, -0.25) is 4.98 Å². The lowest BCUT2D eigenvalue weighted by Crippen LogP contribution is -2.41. The number of hydrogen-bond acceptors (Lipinski definition) is 2. The molecule has 0 spiro atoms. The molecule has 0 saturated heterocycles. The maximum Gasteiger partial charge on any atom is 0.405 e. The molecule has 0 aromatic carbocycles. The largest absolute Gasteiger partial charge is 0.405 e. The summed E-state index contributed by atoms with van der Waals surface area (Å²) in [4.78, 5) is 14.9. The van der Waals surface area contributed by atoms with Gasteiger partial charge in [-0.05, 0) is 12.1 Å². The van der Waals surface area contributed by atoms with Crippen molar-refractivity contribution in [3.05, 3.63) is 30.1 Å². The van der Waals surface area contributed by atoms with E-state index in [1.54, 1.807) is 29.7 Å². The molecule has 1 aromatic heterocycles. The molecule has 0 saturated carbocycles. The molecule has 0 radical (unpaired) electrons. The molecule has 0 fully saturated rings. The van der Waals surface area contributed by atoms with E-state index in [1.807, 2.05) is 0 Å². The van der Waals surface area contributed by atoms with E-state index in [-0.39, 0.29) is 6.54 Å². The van der Waals surface area contributed by atoms with E-state index in [0.717, 1.165) is 5.69 Å². The van der Waals surface area contributed by atoms with Crippen molar-refractivity contribution in [3.63, 3.8) is 0 Å². The summed E-state index contributed by atoms with van der Waals surface area (Å²) in [6.45, 7) is -1.09. The molecule has 0 aliphatic heterocycles. The first kappa shape index (κ1) is 13.3. The molecule has 17 heavy (non-hydrogen) atoms. The summed E-state index contributed by atoms with van der Waals surface area (Å²) in [6, 6.07) is 4.49. The van der Waals surface area contributed by atoms with Crippen LogP contribution in [0.25, 0.3) is 0 Å².